The molecule has 96 valence electrons. The maximum atomic E-state index is 4.64. The molecule has 0 fully saturated rings. The molecule has 0 bridgehead atoms. The Morgan fingerprint density at radius 3 is 2.65 bits per heavy atom. The molecular formula is C13H24N4. The summed E-state index contributed by atoms with van der Waals surface area (Å²) in [5.74, 6) is 1.62. The summed E-state index contributed by atoms with van der Waals surface area (Å²) in [5, 5.41) is 3.27. The number of hydrogen-bond donors (Lipinski definition) is 1. The van der Waals surface area contributed by atoms with E-state index >= 15 is 0 Å². The predicted octanol–water partition coefficient (Wildman–Crippen LogP) is 2.07. The van der Waals surface area contributed by atoms with Crippen molar-refractivity contribution in [1.29, 1.82) is 0 Å². The van der Waals surface area contributed by atoms with E-state index in [1.807, 2.05) is 12.4 Å². The zero-order chi connectivity index (χ0) is 12.7. The minimum absolute atomic E-state index is 0.633. The van der Waals surface area contributed by atoms with Crippen molar-refractivity contribution in [3.8, 4) is 0 Å². The summed E-state index contributed by atoms with van der Waals surface area (Å²) in [5.41, 5.74) is 1.01. The smallest absolute Gasteiger partial charge is 0.147 e. The van der Waals surface area contributed by atoms with Gasteiger partial charge in [-0.15, -0.1) is 0 Å². The molecule has 0 amide bonds. The van der Waals surface area contributed by atoms with Gasteiger partial charge >= 0.3 is 0 Å². The first kappa shape index (κ1) is 13.9. The van der Waals surface area contributed by atoms with E-state index < -0.39 is 0 Å². The van der Waals surface area contributed by atoms with Crippen molar-refractivity contribution >= 4 is 5.82 Å². The molecule has 0 aromatic carbocycles. The second-order valence-corrected chi connectivity index (χ2v) is 4.58. The van der Waals surface area contributed by atoms with Gasteiger partial charge in [-0.1, -0.05) is 20.8 Å². The van der Waals surface area contributed by atoms with Crippen LogP contribution in [0.4, 0.5) is 5.82 Å². The first-order valence-electron chi connectivity index (χ1n) is 6.43. The minimum atomic E-state index is 0.633. The zero-order valence-electron chi connectivity index (χ0n) is 11.4. The molecule has 0 aliphatic heterocycles. The van der Waals surface area contributed by atoms with Crippen LogP contribution in [0.1, 0.15) is 33.4 Å². The molecule has 17 heavy (non-hydrogen) atoms. The first-order chi connectivity index (χ1) is 8.17. The van der Waals surface area contributed by atoms with Gasteiger partial charge in [0.2, 0.25) is 0 Å². The lowest BCUT2D eigenvalue weighted by molar-refractivity contribution is 0.611. The molecule has 0 aliphatic rings. The molecule has 1 rings (SSSR count). The van der Waals surface area contributed by atoms with Crippen molar-refractivity contribution in [2.24, 2.45) is 5.92 Å². The second-order valence-electron chi connectivity index (χ2n) is 4.58. The molecule has 0 aliphatic carbocycles. The monoisotopic (exact) mass is 236 g/mol. The topological polar surface area (TPSA) is 41.1 Å². The van der Waals surface area contributed by atoms with Gasteiger partial charge in [0.15, 0.2) is 0 Å². The van der Waals surface area contributed by atoms with E-state index in [-0.39, 0.29) is 0 Å². The van der Waals surface area contributed by atoms with E-state index in [1.54, 1.807) is 0 Å². The second kappa shape index (κ2) is 7.22. The van der Waals surface area contributed by atoms with Crippen LogP contribution in [0.15, 0.2) is 12.4 Å². The number of nitrogens with one attached hydrogen (secondary N) is 1. The highest BCUT2D eigenvalue weighted by atomic mass is 15.2. The van der Waals surface area contributed by atoms with Gasteiger partial charge in [-0.2, -0.15) is 0 Å². The van der Waals surface area contributed by atoms with E-state index in [0.29, 0.717) is 5.92 Å². The van der Waals surface area contributed by atoms with Crippen molar-refractivity contribution in [3.63, 3.8) is 0 Å². The summed E-state index contributed by atoms with van der Waals surface area (Å²) >= 11 is 0. The van der Waals surface area contributed by atoms with E-state index in [9.17, 15) is 0 Å². The Morgan fingerprint density at radius 2 is 2.06 bits per heavy atom. The molecular weight excluding hydrogens is 212 g/mol. The lowest BCUT2D eigenvalue weighted by Crippen LogP contribution is -2.28. The van der Waals surface area contributed by atoms with Crippen molar-refractivity contribution in [1.82, 2.24) is 15.3 Å². The Balaban J connectivity index is 2.73. The molecule has 0 radical (unpaired) electrons. The Morgan fingerprint density at radius 1 is 1.29 bits per heavy atom. The number of rotatable bonds is 7. The van der Waals surface area contributed by atoms with Gasteiger partial charge in [0.05, 0.1) is 11.9 Å². The molecule has 0 saturated carbocycles. The third kappa shape index (κ3) is 4.69. The SMILES string of the molecule is CCNCc1cncc(N(CC)CC(C)C)n1. The van der Waals surface area contributed by atoms with Gasteiger partial charge in [0.25, 0.3) is 0 Å². The van der Waals surface area contributed by atoms with Gasteiger partial charge in [-0.3, -0.25) is 4.98 Å². The van der Waals surface area contributed by atoms with Gasteiger partial charge in [0.1, 0.15) is 5.82 Å². The fraction of sp³-hybridized carbons (Fsp3) is 0.692. The molecule has 0 saturated heterocycles. The first-order valence-corrected chi connectivity index (χ1v) is 6.43. The van der Waals surface area contributed by atoms with Crippen LogP contribution in [0.2, 0.25) is 0 Å². The third-order valence-corrected chi connectivity index (χ3v) is 2.52. The van der Waals surface area contributed by atoms with E-state index in [1.165, 1.54) is 0 Å². The third-order valence-electron chi connectivity index (χ3n) is 2.52. The Bertz CT molecular complexity index is 325. The number of hydrogen-bond acceptors (Lipinski definition) is 4. The van der Waals surface area contributed by atoms with Crippen LogP contribution < -0.4 is 10.2 Å². The summed E-state index contributed by atoms with van der Waals surface area (Å²) in [4.78, 5) is 11.2. The van der Waals surface area contributed by atoms with Crippen molar-refractivity contribution in [2.45, 2.75) is 34.2 Å². The molecule has 1 heterocycles. The van der Waals surface area contributed by atoms with Crippen LogP contribution in [0.5, 0.6) is 0 Å². The van der Waals surface area contributed by atoms with Gasteiger partial charge in [-0.25, -0.2) is 4.98 Å². The quantitative estimate of drug-likeness (QED) is 0.787. The Labute approximate surface area is 104 Å². The maximum Gasteiger partial charge on any atom is 0.147 e. The van der Waals surface area contributed by atoms with Crippen molar-refractivity contribution < 1.29 is 0 Å². The molecule has 1 aromatic heterocycles. The van der Waals surface area contributed by atoms with Gasteiger partial charge < -0.3 is 10.2 Å². The number of anilines is 1. The average molecular weight is 236 g/mol. The lowest BCUT2D eigenvalue weighted by atomic mass is 10.2. The summed E-state index contributed by atoms with van der Waals surface area (Å²) in [6.07, 6.45) is 3.68. The molecule has 4 heteroatoms. The fourth-order valence-electron chi connectivity index (χ4n) is 1.71. The lowest BCUT2D eigenvalue weighted by Gasteiger charge is -2.23. The highest BCUT2D eigenvalue weighted by Crippen LogP contribution is 2.11. The highest BCUT2D eigenvalue weighted by molar-refractivity contribution is 5.36. The number of nitrogens with zero attached hydrogens (tertiary/aromatic N) is 3. The summed E-state index contributed by atoms with van der Waals surface area (Å²) in [6.45, 7) is 12.4. The van der Waals surface area contributed by atoms with Crippen LogP contribution in [-0.2, 0) is 6.54 Å². The normalized spacial score (nSPS) is 10.9. The van der Waals surface area contributed by atoms with Crippen molar-refractivity contribution in [2.75, 3.05) is 24.5 Å². The van der Waals surface area contributed by atoms with Gasteiger partial charge in [0, 0.05) is 25.8 Å². The molecule has 1 aromatic rings. The Hall–Kier alpha value is -1.16. The summed E-state index contributed by atoms with van der Waals surface area (Å²) in [7, 11) is 0. The van der Waals surface area contributed by atoms with E-state index in [2.05, 4.69) is 47.9 Å². The highest BCUT2D eigenvalue weighted by Gasteiger charge is 2.08. The standard InChI is InChI=1S/C13H24N4/c1-5-14-7-12-8-15-9-13(16-12)17(6-2)10-11(3)4/h8-9,11,14H,5-7,10H2,1-4H3. The van der Waals surface area contributed by atoms with Crippen LogP contribution in [0.25, 0.3) is 0 Å². The summed E-state index contributed by atoms with van der Waals surface area (Å²) < 4.78 is 0. The van der Waals surface area contributed by atoms with Crippen molar-refractivity contribution in [3.05, 3.63) is 18.1 Å². The summed E-state index contributed by atoms with van der Waals surface area (Å²) in [6, 6.07) is 0. The van der Waals surface area contributed by atoms with Crippen LogP contribution in [-0.4, -0.2) is 29.6 Å². The Kier molecular flexibility index (Phi) is 5.91. The van der Waals surface area contributed by atoms with Gasteiger partial charge in [-0.05, 0) is 19.4 Å². The maximum absolute atomic E-state index is 4.64. The van der Waals surface area contributed by atoms with Crippen LogP contribution in [0, 0.1) is 5.92 Å². The fourth-order valence-corrected chi connectivity index (χ4v) is 1.71. The molecule has 0 spiro atoms. The molecule has 0 unspecified atom stereocenters. The molecule has 0 atom stereocenters. The largest absolute Gasteiger partial charge is 0.355 e. The average Bonchev–Trinajstić information content (AvgIpc) is 2.33. The minimum Gasteiger partial charge on any atom is -0.355 e. The zero-order valence-corrected chi connectivity index (χ0v) is 11.4. The van der Waals surface area contributed by atoms with Crippen LogP contribution in [0.3, 0.4) is 0 Å². The van der Waals surface area contributed by atoms with E-state index in [0.717, 1.165) is 37.7 Å². The molecule has 1 N–H and O–H groups in total. The number of aromatic nitrogens is 2. The molecule has 4 nitrogen and oxygen atoms in total. The predicted molar refractivity (Wildman–Crippen MR) is 72.1 cm³/mol. The van der Waals surface area contributed by atoms with Crippen LogP contribution >= 0.6 is 0 Å². The van der Waals surface area contributed by atoms with E-state index in [4.69, 9.17) is 0 Å².